The normalized spacial score (nSPS) is 15.2. The van der Waals surface area contributed by atoms with E-state index in [-0.39, 0.29) is 53.9 Å². The summed E-state index contributed by atoms with van der Waals surface area (Å²) in [5.74, 6) is -1.42. The van der Waals surface area contributed by atoms with Crippen molar-refractivity contribution < 1.29 is 33.9 Å². The van der Waals surface area contributed by atoms with E-state index in [1.807, 2.05) is 30.3 Å². The molecule has 0 unspecified atom stereocenters. The minimum absolute atomic E-state index is 0.0325. The molecule has 2 heterocycles. The van der Waals surface area contributed by atoms with Crippen LogP contribution in [0.2, 0.25) is 5.82 Å². The van der Waals surface area contributed by atoms with Crippen molar-refractivity contribution in [1.29, 1.82) is 0 Å². The summed E-state index contributed by atoms with van der Waals surface area (Å²) in [6.45, 7) is 0.303. The summed E-state index contributed by atoms with van der Waals surface area (Å²) in [6.07, 6.45) is 0.125. The Morgan fingerprint density at radius 1 is 1.20 bits per heavy atom. The topological polar surface area (TPSA) is 154 Å². The van der Waals surface area contributed by atoms with Gasteiger partial charge in [-0.1, -0.05) is 35.5 Å². The van der Waals surface area contributed by atoms with Crippen LogP contribution in [0, 0.1) is 0 Å². The molecule has 4 N–H and O–H groups in total. The van der Waals surface area contributed by atoms with Crippen LogP contribution in [0.5, 0.6) is 11.5 Å². The Morgan fingerprint density at radius 2 is 2.00 bits per heavy atom. The summed E-state index contributed by atoms with van der Waals surface area (Å²) in [5, 5.41) is 25.7. The molecule has 0 saturated carbocycles. The molecule has 0 spiro atoms. The maximum Gasteiger partial charge on any atom is 0.526 e. The lowest BCUT2D eigenvalue weighted by molar-refractivity contribution is -0.113. The minimum Gasteiger partial charge on any atom is -0.535 e. The average molecular weight is 495 g/mol. The fourth-order valence-electron chi connectivity index (χ4n) is 3.62. The maximum atomic E-state index is 13.2. The number of anilines is 1. The second-order valence-corrected chi connectivity index (χ2v) is 8.59. The third-order valence-electron chi connectivity index (χ3n) is 5.27. The first-order valence-corrected chi connectivity index (χ1v) is 11.6. The van der Waals surface area contributed by atoms with Gasteiger partial charge in [0.05, 0.1) is 5.56 Å². The van der Waals surface area contributed by atoms with E-state index in [0.29, 0.717) is 11.3 Å². The second kappa shape index (κ2) is 11.0. The van der Waals surface area contributed by atoms with Crippen LogP contribution in [0.3, 0.4) is 0 Å². The number of nitrogens with two attached hydrogens (primary N) is 1. The SMILES string of the molecule is Nc1nc(/C(=N/OCCOc2ccccc2)C(=O)C[C@H]2Cc3cccc(C(=O)O)c3OB2O)cs1. The summed E-state index contributed by atoms with van der Waals surface area (Å²) in [6, 6.07) is 13.9. The van der Waals surface area contributed by atoms with Gasteiger partial charge in [-0.15, -0.1) is 11.3 Å². The molecule has 4 rings (SSSR count). The van der Waals surface area contributed by atoms with E-state index in [1.165, 1.54) is 6.07 Å². The Morgan fingerprint density at radius 3 is 2.71 bits per heavy atom. The molecule has 3 aromatic rings. The predicted molar refractivity (Wildman–Crippen MR) is 130 cm³/mol. The van der Waals surface area contributed by atoms with Crippen molar-refractivity contribution in [1.82, 2.24) is 4.98 Å². The van der Waals surface area contributed by atoms with Gasteiger partial charge in [-0.05, 0) is 30.2 Å². The van der Waals surface area contributed by atoms with Gasteiger partial charge in [-0.25, -0.2) is 9.78 Å². The Labute approximate surface area is 205 Å². The van der Waals surface area contributed by atoms with Crippen LogP contribution < -0.4 is 15.1 Å². The Kier molecular flexibility index (Phi) is 7.63. The molecular weight excluding hydrogens is 473 g/mol. The number of aromatic nitrogens is 1. The smallest absolute Gasteiger partial charge is 0.526 e. The van der Waals surface area contributed by atoms with Crippen molar-refractivity contribution >= 4 is 41.1 Å². The number of ketones is 1. The van der Waals surface area contributed by atoms with Crippen LogP contribution in [0.1, 0.15) is 28.0 Å². The van der Waals surface area contributed by atoms with Crippen LogP contribution in [-0.2, 0) is 16.1 Å². The molecule has 1 atom stereocenters. The number of fused-ring (bicyclic) bond motifs is 1. The number of aromatic carboxylic acids is 1. The molecule has 1 aromatic heterocycles. The Bertz CT molecular complexity index is 1230. The summed E-state index contributed by atoms with van der Waals surface area (Å²) in [7, 11) is -1.37. The lowest BCUT2D eigenvalue weighted by atomic mass is 9.64. The van der Waals surface area contributed by atoms with Gasteiger partial charge in [0, 0.05) is 17.6 Å². The number of carbonyl (C=O) groups is 2. The largest absolute Gasteiger partial charge is 0.535 e. The van der Waals surface area contributed by atoms with Crippen LogP contribution >= 0.6 is 11.3 Å². The number of hydrogen-bond acceptors (Lipinski definition) is 10. The number of ether oxygens (including phenoxy) is 1. The van der Waals surface area contributed by atoms with Gasteiger partial charge < -0.3 is 30.1 Å². The quantitative estimate of drug-likeness (QED) is 0.167. The van der Waals surface area contributed by atoms with Crippen LogP contribution in [0.25, 0.3) is 0 Å². The highest BCUT2D eigenvalue weighted by molar-refractivity contribution is 7.13. The molecule has 1 aliphatic heterocycles. The molecule has 0 fully saturated rings. The number of Topliss-reactive ketones (excluding diaryl/α,β-unsaturated/α-hetero) is 1. The van der Waals surface area contributed by atoms with E-state index in [1.54, 1.807) is 17.5 Å². The number of thiazole rings is 1. The van der Waals surface area contributed by atoms with Gasteiger partial charge in [0.15, 0.2) is 23.2 Å². The molecule has 0 bridgehead atoms. The monoisotopic (exact) mass is 495 g/mol. The highest BCUT2D eigenvalue weighted by atomic mass is 32.1. The van der Waals surface area contributed by atoms with Crippen molar-refractivity contribution in [2.24, 2.45) is 5.16 Å². The van der Waals surface area contributed by atoms with Gasteiger partial charge in [0.25, 0.3) is 0 Å². The van der Waals surface area contributed by atoms with Crippen molar-refractivity contribution in [2.45, 2.75) is 18.7 Å². The lowest BCUT2D eigenvalue weighted by Crippen LogP contribution is -2.37. The van der Waals surface area contributed by atoms with E-state index in [9.17, 15) is 19.7 Å². The molecule has 1 aliphatic rings. The van der Waals surface area contributed by atoms with Gasteiger partial charge >= 0.3 is 13.1 Å². The van der Waals surface area contributed by atoms with Crippen molar-refractivity contribution in [3.8, 4) is 11.5 Å². The number of nitrogens with zero attached hydrogens (tertiary/aromatic N) is 2. The average Bonchev–Trinajstić information content (AvgIpc) is 3.27. The fourth-order valence-corrected chi connectivity index (χ4v) is 4.17. The third-order valence-corrected chi connectivity index (χ3v) is 5.94. The molecule has 0 aliphatic carbocycles. The number of rotatable bonds is 10. The van der Waals surface area contributed by atoms with Crippen molar-refractivity contribution in [3.05, 3.63) is 70.7 Å². The van der Waals surface area contributed by atoms with Crippen molar-refractivity contribution in [3.63, 3.8) is 0 Å². The summed E-state index contributed by atoms with van der Waals surface area (Å²) in [5.41, 5.74) is 6.51. The van der Waals surface area contributed by atoms with Crippen LogP contribution in [0.4, 0.5) is 5.13 Å². The van der Waals surface area contributed by atoms with Crippen molar-refractivity contribution in [2.75, 3.05) is 18.9 Å². The van der Waals surface area contributed by atoms with E-state index in [0.717, 1.165) is 11.3 Å². The first-order valence-electron chi connectivity index (χ1n) is 10.7. The number of oxime groups is 1. The molecule has 180 valence electrons. The maximum absolute atomic E-state index is 13.2. The highest BCUT2D eigenvalue weighted by Crippen LogP contribution is 2.36. The van der Waals surface area contributed by atoms with E-state index < -0.39 is 24.7 Å². The highest BCUT2D eigenvalue weighted by Gasteiger charge is 2.38. The zero-order valence-corrected chi connectivity index (χ0v) is 19.3. The molecule has 35 heavy (non-hydrogen) atoms. The van der Waals surface area contributed by atoms with Gasteiger partial charge in [0.2, 0.25) is 0 Å². The Balaban J connectivity index is 1.44. The summed E-state index contributed by atoms with van der Waals surface area (Å²) in [4.78, 5) is 34.1. The predicted octanol–water partition coefficient (Wildman–Crippen LogP) is 2.67. The number of benzene rings is 2. The van der Waals surface area contributed by atoms with Crippen LogP contribution in [0.15, 0.2) is 59.1 Å². The van der Waals surface area contributed by atoms with E-state index in [4.69, 9.17) is 20.0 Å². The molecule has 0 amide bonds. The number of carboxylic acid groups (broad SMARTS) is 1. The molecule has 0 saturated heterocycles. The summed E-state index contributed by atoms with van der Waals surface area (Å²) >= 11 is 1.16. The summed E-state index contributed by atoms with van der Waals surface area (Å²) < 4.78 is 11.0. The van der Waals surface area contributed by atoms with Gasteiger partial charge in [-0.2, -0.15) is 0 Å². The minimum atomic E-state index is -1.37. The molecule has 2 aromatic carbocycles. The van der Waals surface area contributed by atoms with Gasteiger partial charge in [-0.3, -0.25) is 4.79 Å². The first kappa shape index (κ1) is 24.2. The standard InChI is InChI=1S/C23H22BN3O7S/c25-23-26-18(13-35-23)20(27-33-10-9-32-16-6-2-1-3-7-16)19(28)12-15-11-14-5-4-8-17(22(29)30)21(14)34-24(15)31/h1-8,13,15,31H,9-12H2,(H2,25,26)(H,29,30)/b27-20-/t15-/m1/s1. The number of carbonyl (C=O) groups excluding carboxylic acids is 1. The Hall–Kier alpha value is -3.90. The van der Waals surface area contributed by atoms with E-state index in [2.05, 4.69) is 10.1 Å². The van der Waals surface area contributed by atoms with E-state index >= 15 is 0 Å². The second-order valence-electron chi connectivity index (χ2n) is 7.70. The number of hydrogen-bond donors (Lipinski definition) is 3. The number of carboxylic acids is 1. The molecular formula is C23H22BN3O7S. The molecule has 10 nitrogen and oxygen atoms in total. The zero-order chi connectivity index (χ0) is 24.8. The molecule has 0 radical (unpaired) electrons. The molecule has 12 heteroatoms. The zero-order valence-electron chi connectivity index (χ0n) is 18.5. The lowest BCUT2D eigenvalue weighted by Gasteiger charge is -2.28. The van der Waals surface area contributed by atoms with Gasteiger partial charge in [0.1, 0.15) is 23.8 Å². The van der Waals surface area contributed by atoms with Crippen LogP contribution in [-0.4, -0.2) is 52.9 Å². The number of para-hydroxylation sites is 2. The first-order chi connectivity index (χ1) is 16.9. The fraction of sp³-hybridized carbons (Fsp3) is 0.217. The third kappa shape index (κ3) is 5.97. The number of nitrogen functional groups attached to an aromatic ring is 1.